The molecule has 1 spiro atoms. The maximum Gasteiger partial charge on any atom is 0.334 e. The minimum absolute atomic E-state index is 0.0156. The summed E-state index contributed by atoms with van der Waals surface area (Å²) in [7, 11) is 0. The Kier molecular flexibility index (Phi) is 5.75. The number of carbonyl (C=O) groups excluding carboxylic acids is 2. The van der Waals surface area contributed by atoms with Crippen molar-refractivity contribution in [3.05, 3.63) is 115 Å². The standard InChI is InChI=1S/C30H20Cl2N2O7/c1-14-25(34(37)38)28(41-33-14)23-24(16-11-10-15(31)12-20(16)32)30(19-7-3-5-9-22(19)40-29(30)36)13-18-26(35)17-6-2-4-8-21(17)39-27(18)23/h2-12,18,23-24,27H,13H2,1H3/t18-,23-,24-,27-,30-/m1/s1. The van der Waals surface area contributed by atoms with Gasteiger partial charge in [-0.05, 0) is 49.2 Å². The topological polar surface area (TPSA) is 122 Å². The van der Waals surface area contributed by atoms with Crippen LogP contribution in [0.25, 0.3) is 0 Å². The lowest BCUT2D eigenvalue weighted by Crippen LogP contribution is -2.57. The first-order valence-electron chi connectivity index (χ1n) is 12.9. The minimum Gasteiger partial charge on any atom is -0.488 e. The van der Waals surface area contributed by atoms with Crippen LogP contribution in [0.4, 0.5) is 5.69 Å². The number of carbonyl (C=O) groups is 2. The molecule has 0 unspecified atom stereocenters. The highest BCUT2D eigenvalue weighted by Gasteiger charge is 2.67. The molecule has 3 heterocycles. The van der Waals surface area contributed by atoms with Crippen LogP contribution in [0, 0.1) is 23.0 Å². The third-order valence-electron chi connectivity index (χ3n) is 8.51. The highest BCUT2D eigenvalue weighted by atomic mass is 35.5. The average Bonchev–Trinajstić information content (AvgIpc) is 3.46. The number of halogens is 2. The molecule has 1 fully saturated rings. The summed E-state index contributed by atoms with van der Waals surface area (Å²) in [6, 6.07) is 18.7. The first-order valence-corrected chi connectivity index (χ1v) is 13.6. The van der Waals surface area contributed by atoms with E-state index in [4.69, 9.17) is 37.2 Å². The smallest absolute Gasteiger partial charge is 0.334 e. The number of aromatic nitrogens is 1. The predicted octanol–water partition coefficient (Wildman–Crippen LogP) is 6.59. The maximum absolute atomic E-state index is 14.2. The monoisotopic (exact) mass is 590 g/mol. The second-order valence-electron chi connectivity index (χ2n) is 10.5. The Morgan fingerprint density at radius 2 is 1.76 bits per heavy atom. The molecule has 1 saturated carbocycles. The second kappa shape index (κ2) is 9.15. The summed E-state index contributed by atoms with van der Waals surface area (Å²) in [5, 5.41) is 16.9. The zero-order valence-corrected chi connectivity index (χ0v) is 22.9. The third-order valence-corrected chi connectivity index (χ3v) is 9.07. The van der Waals surface area contributed by atoms with Gasteiger partial charge >= 0.3 is 11.7 Å². The second-order valence-corrected chi connectivity index (χ2v) is 11.4. The van der Waals surface area contributed by atoms with Gasteiger partial charge < -0.3 is 14.0 Å². The number of aryl methyl sites for hydroxylation is 1. The molecule has 0 amide bonds. The highest BCUT2D eigenvalue weighted by Crippen LogP contribution is 2.64. The molecule has 5 atom stereocenters. The van der Waals surface area contributed by atoms with Gasteiger partial charge in [-0.25, -0.2) is 0 Å². The zero-order valence-electron chi connectivity index (χ0n) is 21.4. The number of nitro groups is 1. The number of fused-ring (bicyclic) bond motifs is 4. The molecule has 0 saturated heterocycles. The van der Waals surface area contributed by atoms with Crippen molar-refractivity contribution < 1.29 is 28.5 Å². The van der Waals surface area contributed by atoms with Crippen LogP contribution < -0.4 is 9.47 Å². The molecule has 11 heteroatoms. The van der Waals surface area contributed by atoms with Crippen molar-refractivity contribution in [1.29, 1.82) is 0 Å². The number of benzene rings is 3. The van der Waals surface area contributed by atoms with Gasteiger partial charge in [0.05, 0.1) is 22.3 Å². The van der Waals surface area contributed by atoms with Gasteiger partial charge in [-0.15, -0.1) is 0 Å². The first-order chi connectivity index (χ1) is 19.7. The molecule has 206 valence electrons. The van der Waals surface area contributed by atoms with E-state index in [0.717, 1.165) is 0 Å². The number of ketones is 1. The Bertz CT molecular complexity index is 1790. The first kappa shape index (κ1) is 25.7. The van der Waals surface area contributed by atoms with Crippen LogP contribution in [0.2, 0.25) is 10.0 Å². The fourth-order valence-electron chi connectivity index (χ4n) is 6.90. The van der Waals surface area contributed by atoms with Crippen LogP contribution >= 0.6 is 23.2 Å². The van der Waals surface area contributed by atoms with Crippen molar-refractivity contribution in [3.8, 4) is 11.5 Å². The maximum atomic E-state index is 14.2. The van der Waals surface area contributed by atoms with Crippen LogP contribution in [-0.4, -0.2) is 27.9 Å². The van der Waals surface area contributed by atoms with Crippen molar-refractivity contribution in [2.45, 2.75) is 36.7 Å². The van der Waals surface area contributed by atoms with E-state index >= 15 is 0 Å². The van der Waals surface area contributed by atoms with E-state index in [1.165, 1.54) is 6.92 Å². The Labute approximate surface area is 243 Å². The van der Waals surface area contributed by atoms with Crippen molar-refractivity contribution in [2.75, 3.05) is 0 Å². The summed E-state index contributed by atoms with van der Waals surface area (Å²) >= 11 is 13.1. The highest BCUT2D eigenvalue weighted by molar-refractivity contribution is 6.35. The van der Waals surface area contributed by atoms with Crippen LogP contribution in [0.1, 0.15) is 51.2 Å². The molecule has 41 heavy (non-hydrogen) atoms. The fourth-order valence-corrected chi connectivity index (χ4v) is 7.43. The Morgan fingerprint density at radius 3 is 2.51 bits per heavy atom. The Balaban J connectivity index is 1.58. The molecule has 7 rings (SSSR count). The molecule has 0 radical (unpaired) electrons. The lowest BCUT2D eigenvalue weighted by Gasteiger charge is -2.51. The normalized spacial score (nSPS) is 26.1. The van der Waals surface area contributed by atoms with E-state index in [0.29, 0.717) is 33.2 Å². The number of esters is 1. The largest absolute Gasteiger partial charge is 0.488 e. The summed E-state index contributed by atoms with van der Waals surface area (Å²) in [5.74, 6) is -3.10. The molecule has 3 aliphatic rings. The Hall–Kier alpha value is -4.21. The van der Waals surface area contributed by atoms with E-state index in [2.05, 4.69) is 5.16 Å². The minimum atomic E-state index is -1.47. The van der Waals surface area contributed by atoms with Crippen molar-refractivity contribution in [3.63, 3.8) is 0 Å². The van der Waals surface area contributed by atoms with Gasteiger partial charge in [-0.1, -0.05) is 64.8 Å². The number of nitrogens with zero attached hydrogens (tertiary/aromatic N) is 2. The van der Waals surface area contributed by atoms with Gasteiger partial charge in [-0.3, -0.25) is 19.7 Å². The van der Waals surface area contributed by atoms with Crippen LogP contribution in [0.15, 0.2) is 71.3 Å². The summed E-state index contributed by atoms with van der Waals surface area (Å²) in [6.07, 6.45) is -0.937. The van der Waals surface area contributed by atoms with Crippen molar-refractivity contribution in [2.24, 2.45) is 5.92 Å². The Morgan fingerprint density at radius 1 is 1.02 bits per heavy atom. The number of ether oxygens (including phenoxy) is 2. The van der Waals surface area contributed by atoms with E-state index in [-0.39, 0.29) is 34.4 Å². The lowest BCUT2D eigenvalue weighted by molar-refractivity contribution is -0.387. The number of rotatable bonds is 3. The number of hydrogen-bond donors (Lipinski definition) is 0. The molecule has 1 aliphatic carbocycles. The van der Waals surface area contributed by atoms with Crippen LogP contribution in [0.3, 0.4) is 0 Å². The molecule has 0 bridgehead atoms. The fraction of sp³-hybridized carbons (Fsp3) is 0.233. The molecular formula is C30H20Cl2N2O7. The third kappa shape index (κ3) is 3.58. The summed E-state index contributed by atoms with van der Waals surface area (Å²) in [4.78, 5) is 40.1. The van der Waals surface area contributed by atoms with E-state index in [9.17, 15) is 19.7 Å². The number of hydrogen-bond acceptors (Lipinski definition) is 8. The zero-order chi connectivity index (χ0) is 28.6. The van der Waals surface area contributed by atoms with Gasteiger partial charge in [0.1, 0.15) is 23.0 Å². The van der Waals surface area contributed by atoms with E-state index in [1.807, 2.05) is 0 Å². The molecular weight excluding hydrogens is 571 g/mol. The van der Waals surface area contributed by atoms with Crippen LogP contribution in [-0.2, 0) is 10.2 Å². The molecule has 9 nitrogen and oxygen atoms in total. The molecule has 4 aromatic rings. The van der Waals surface area contributed by atoms with Gasteiger partial charge in [0.15, 0.2) is 11.5 Å². The average molecular weight is 591 g/mol. The van der Waals surface area contributed by atoms with Gasteiger partial charge in [0.2, 0.25) is 5.76 Å². The van der Waals surface area contributed by atoms with Gasteiger partial charge in [0.25, 0.3) is 0 Å². The lowest BCUT2D eigenvalue weighted by atomic mass is 9.52. The van der Waals surface area contributed by atoms with E-state index in [1.54, 1.807) is 66.7 Å². The predicted molar refractivity (Wildman–Crippen MR) is 147 cm³/mol. The van der Waals surface area contributed by atoms with E-state index < -0.39 is 40.2 Å². The molecule has 3 aromatic carbocycles. The van der Waals surface area contributed by atoms with Crippen molar-refractivity contribution >= 4 is 40.6 Å². The summed E-state index contributed by atoms with van der Waals surface area (Å²) < 4.78 is 18.0. The van der Waals surface area contributed by atoms with Crippen LogP contribution in [0.5, 0.6) is 11.5 Å². The molecule has 2 aliphatic heterocycles. The van der Waals surface area contributed by atoms with Gasteiger partial charge in [0, 0.05) is 21.5 Å². The summed E-state index contributed by atoms with van der Waals surface area (Å²) in [5.41, 5.74) is -0.371. The molecule has 0 N–H and O–H groups in total. The molecule has 1 aromatic heterocycles. The van der Waals surface area contributed by atoms with Crippen molar-refractivity contribution in [1.82, 2.24) is 5.16 Å². The van der Waals surface area contributed by atoms with Gasteiger partial charge in [-0.2, -0.15) is 0 Å². The number of Topliss-reactive ketones (excluding diaryl/α,β-unsaturated/α-hetero) is 1. The quantitative estimate of drug-likeness (QED) is 0.113. The summed E-state index contributed by atoms with van der Waals surface area (Å²) in [6.45, 7) is 1.47. The SMILES string of the molecule is Cc1noc([C@H]2[C@@H]3Oc4ccccc4C(=O)[C@H]3C[C@]3(C(=O)Oc4ccccc43)[C@@H]2c2ccc(Cl)cc2Cl)c1[N+](=O)[O-]. The number of para-hydroxylation sites is 2.